The number of carbonyl (C=O) groups excluding carboxylic acids is 1. The number of aryl methyl sites for hydroxylation is 1. The van der Waals surface area contributed by atoms with Crippen LogP contribution in [0.1, 0.15) is 18.4 Å². The van der Waals surface area contributed by atoms with E-state index in [1.54, 1.807) is 22.7 Å². The molecule has 0 atom stereocenters. The lowest BCUT2D eigenvalue weighted by molar-refractivity contribution is -0.123. The number of thiazole rings is 1. The number of rotatable bonds is 5. The molecule has 0 saturated carbocycles. The summed E-state index contributed by atoms with van der Waals surface area (Å²) in [6, 6.07) is 4.01. The lowest BCUT2D eigenvalue weighted by atomic mass is 10.2. The summed E-state index contributed by atoms with van der Waals surface area (Å²) in [4.78, 5) is 16.3. The van der Waals surface area contributed by atoms with Crippen molar-refractivity contribution in [2.75, 3.05) is 13.2 Å². The molecule has 1 amide bonds. The van der Waals surface area contributed by atoms with Crippen LogP contribution < -0.4 is 10.1 Å². The second kappa shape index (κ2) is 5.99. The molecule has 0 fully saturated rings. The van der Waals surface area contributed by atoms with Gasteiger partial charge < -0.3 is 10.1 Å². The van der Waals surface area contributed by atoms with Gasteiger partial charge in [0.1, 0.15) is 5.75 Å². The van der Waals surface area contributed by atoms with Gasteiger partial charge in [0, 0.05) is 18.0 Å². The number of benzene rings is 1. The van der Waals surface area contributed by atoms with Crippen molar-refractivity contribution in [3.63, 3.8) is 0 Å². The van der Waals surface area contributed by atoms with Crippen molar-refractivity contribution >= 4 is 48.9 Å². The molecule has 1 N–H and O–H groups in total. The zero-order valence-electron chi connectivity index (χ0n) is 11.9. The Bertz CT molecular complexity index is 792. The van der Waals surface area contributed by atoms with E-state index < -0.39 is 0 Å². The molecule has 0 unspecified atom stereocenters. The van der Waals surface area contributed by atoms with Crippen molar-refractivity contribution in [1.82, 2.24) is 10.3 Å². The Morgan fingerprint density at radius 2 is 2.33 bits per heavy atom. The lowest BCUT2D eigenvalue weighted by Crippen LogP contribution is -2.29. The van der Waals surface area contributed by atoms with Crippen molar-refractivity contribution in [3.05, 3.63) is 22.5 Å². The molecule has 2 aromatic heterocycles. The van der Waals surface area contributed by atoms with Gasteiger partial charge in [0.15, 0.2) is 6.61 Å². The highest BCUT2D eigenvalue weighted by Crippen LogP contribution is 2.38. The largest absolute Gasteiger partial charge is 0.483 e. The monoisotopic (exact) mass is 320 g/mol. The summed E-state index contributed by atoms with van der Waals surface area (Å²) in [5.74, 6) is 0.676. The molecule has 0 aliphatic carbocycles. The minimum atomic E-state index is -0.0826. The number of fused-ring (bicyclic) bond motifs is 3. The molecule has 0 aliphatic heterocycles. The molecular formula is C15H16N2O2S2. The molecule has 6 heteroatoms. The molecule has 0 saturated heterocycles. The number of ether oxygens (including phenoxy) is 1. The minimum Gasteiger partial charge on any atom is -0.483 e. The first-order chi connectivity index (χ1) is 10.2. The van der Waals surface area contributed by atoms with Gasteiger partial charge in [-0.05, 0) is 24.8 Å². The van der Waals surface area contributed by atoms with E-state index in [1.165, 1.54) is 0 Å². The second-order valence-corrected chi connectivity index (χ2v) is 6.91. The predicted molar refractivity (Wildman–Crippen MR) is 88.5 cm³/mol. The standard InChI is InChI=1S/C15H16N2O2S2/c1-3-5-16-13(18)8-19-11-7-12-14(17-9(2)21-12)15-10(11)4-6-20-15/h4,6-7H,3,5,8H2,1-2H3,(H,16,18). The van der Waals surface area contributed by atoms with E-state index in [9.17, 15) is 4.79 Å². The fourth-order valence-electron chi connectivity index (χ4n) is 2.16. The Morgan fingerprint density at radius 1 is 1.48 bits per heavy atom. The van der Waals surface area contributed by atoms with Crippen LogP contribution in [0.2, 0.25) is 0 Å². The highest BCUT2D eigenvalue weighted by atomic mass is 32.1. The van der Waals surface area contributed by atoms with Crippen molar-refractivity contribution in [2.45, 2.75) is 20.3 Å². The smallest absolute Gasteiger partial charge is 0.257 e. The Morgan fingerprint density at radius 3 is 3.14 bits per heavy atom. The van der Waals surface area contributed by atoms with E-state index in [-0.39, 0.29) is 12.5 Å². The number of nitrogens with one attached hydrogen (secondary N) is 1. The number of hydrogen-bond donors (Lipinski definition) is 1. The number of hydrogen-bond acceptors (Lipinski definition) is 5. The zero-order valence-corrected chi connectivity index (χ0v) is 13.6. The predicted octanol–water partition coefficient (Wildman–Crippen LogP) is 3.72. The van der Waals surface area contributed by atoms with Crippen molar-refractivity contribution in [2.24, 2.45) is 0 Å². The van der Waals surface area contributed by atoms with E-state index in [0.717, 1.165) is 37.5 Å². The van der Waals surface area contributed by atoms with Crippen LogP contribution >= 0.6 is 22.7 Å². The average Bonchev–Trinajstić information content (AvgIpc) is 3.07. The van der Waals surface area contributed by atoms with Crippen LogP contribution in [0.4, 0.5) is 0 Å². The van der Waals surface area contributed by atoms with E-state index in [0.29, 0.717) is 6.54 Å². The van der Waals surface area contributed by atoms with Gasteiger partial charge in [0.25, 0.3) is 5.91 Å². The molecule has 21 heavy (non-hydrogen) atoms. The normalized spacial score (nSPS) is 11.1. The van der Waals surface area contributed by atoms with Crippen molar-refractivity contribution in [1.29, 1.82) is 0 Å². The van der Waals surface area contributed by atoms with Crippen LogP contribution in [0, 0.1) is 6.92 Å². The summed E-state index contributed by atoms with van der Waals surface area (Å²) in [7, 11) is 0. The SMILES string of the molecule is CCCNC(=O)COc1cc2sc(C)nc2c2sccc12. The first kappa shape index (κ1) is 14.3. The van der Waals surface area contributed by atoms with E-state index >= 15 is 0 Å². The number of carbonyl (C=O) groups is 1. The Kier molecular flexibility index (Phi) is 4.07. The Balaban J connectivity index is 1.90. The van der Waals surface area contributed by atoms with Gasteiger partial charge in [-0.1, -0.05) is 6.92 Å². The Hall–Kier alpha value is -1.66. The molecule has 3 rings (SSSR count). The molecule has 0 radical (unpaired) electrons. The highest BCUT2D eigenvalue weighted by Gasteiger charge is 2.13. The number of amides is 1. The molecule has 1 aromatic carbocycles. The molecule has 3 aromatic rings. The van der Waals surface area contributed by atoms with Gasteiger partial charge in [-0.2, -0.15) is 0 Å². The first-order valence-corrected chi connectivity index (χ1v) is 8.55. The van der Waals surface area contributed by atoms with E-state index in [4.69, 9.17) is 4.74 Å². The quantitative estimate of drug-likeness (QED) is 0.779. The molecule has 0 aliphatic rings. The molecule has 4 nitrogen and oxygen atoms in total. The number of aromatic nitrogens is 1. The maximum Gasteiger partial charge on any atom is 0.257 e. The fourth-order valence-corrected chi connectivity index (χ4v) is 4.00. The maximum atomic E-state index is 11.7. The molecule has 110 valence electrons. The topological polar surface area (TPSA) is 51.2 Å². The lowest BCUT2D eigenvalue weighted by Gasteiger charge is -2.08. The summed E-state index contributed by atoms with van der Waals surface area (Å²) in [5, 5.41) is 6.91. The fraction of sp³-hybridized carbons (Fsp3) is 0.333. The summed E-state index contributed by atoms with van der Waals surface area (Å²) in [5.41, 5.74) is 1.03. The van der Waals surface area contributed by atoms with Crippen LogP contribution in [0.5, 0.6) is 5.75 Å². The van der Waals surface area contributed by atoms with Crippen molar-refractivity contribution < 1.29 is 9.53 Å². The van der Waals surface area contributed by atoms with Gasteiger partial charge in [-0.25, -0.2) is 4.98 Å². The maximum absolute atomic E-state index is 11.7. The molecule has 0 spiro atoms. The second-order valence-electron chi connectivity index (χ2n) is 4.76. The number of nitrogens with zero attached hydrogens (tertiary/aromatic N) is 1. The molecule has 0 bridgehead atoms. The van der Waals surface area contributed by atoms with Crippen LogP contribution in [-0.2, 0) is 4.79 Å². The van der Waals surface area contributed by atoms with Gasteiger partial charge in [0.2, 0.25) is 0 Å². The number of thiophene rings is 1. The van der Waals surface area contributed by atoms with E-state index in [1.807, 2.05) is 31.4 Å². The summed E-state index contributed by atoms with van der Waals surface area (Å²) in [6.07, 6.45) is 0.923. The highest BCUT2D eigenvalue weighted by molar-refractivity contribution is 7.21. The van der Waals surface area contributed by atoms with Crippen molar-refractivity contribution in [3.8, 4) is 5.75 Å². The van der Waals surface area contributed by atoms with Crippen LogP contribution in [0.15, 0.2) is 17.5 Å². The van der Waals surface area contributed by atoms with Gasteiger partial charge in [-0.15, -0.1) is 22.7 Å². The van der Waals surface area contributed by atoms with E-state index in [2.05, 4.69) is 10.3 Å². The first-order valence-electron chi connectivity index (χ1n) is 6.86. The van der Waals surface area contributed by atoms with Gasteiger partial charge in [-0.3, -0.25) is 4.79 Å². The summed E-state index contributed by atoms with van der Waals surface area (Å²) >= 11 is 3.30. The van der Waals surface area contributed by atoms with Crippen LogP contribution in [0.3, 0.4) is 0 Å². The third-order valence-electron chi connectivity index (χ3n) is 3.10. The summed E-state index contributed by atoms with van der Waals surface area (Å²) in [6.45, 7) is 4.76. The van der Waals surface area contributed by atoms with Gasteiger partial charge in [0.05, 0.1) is 19.9 Å². The summed E-state index contributed by atoms with van der Waals surface area (Å²) < 4.78 is 7.96. The van der Waals surface area contributed by atoms with Crippen LogP contribution in [0.25, 0.3) is 20.3 Å². The van der Waals surface area contributed by atoms with Crippen LogP contribution in [-0.4, -0.2) is 24.0 Å². The zero-order chi connectivity index (χ0) is 14.8. The molecular weight excluding hydrogens is 304 g/mol. The molecule has 2 heterocycles. The third kappa shape index (κ3) is 2.87. The minimum absolute atomic E-state index is 0.0498. The Labute approximate surface area is 130 Å². The van der Waals surface area contributed by atoms with Gasteiger partial charge >= 0.3 is 0 Å². The average molecular weight is 320 g/mol. The third-order valence-corrected chi connectivity index (χ3v) is 4.94.